The number of fused-ring (bicyclic) bond motifs is 1. The molecular weight excluding hydrogens is 257 g/mol. The maximum absolute atomic E-state index is 13.8. The summed E-state index contributed by atoms with van der Waals surface area (Å²) in [4.78, 5) is 0. The van der Waals surface area contributed by atoms with Crippen LogP contribution in [0.4, 0.5) is 4.39 Å². The molecule has 0 saturated heterocycles. The summed E-state index contributed by atoms with van der Waals surface area (Å²) in [5, 5.41) is 0. The van der Waals surface area contributed by atoms with Gasteiger partial charge in [0.1, 0.15) is 23.4 Å². The monoisotopic (exact) mass is 273 g/mol. The van der Waals surface area contributed by atoms with Crippen LogP contribution in [-0.2, 0) is 6.42 Å². The van der Waals surface area contributed by atoms with E-state index in [4.69, 9.17) is 15.2 Å². The van der Waals surface area contributed by atoms with Crippen molar-refractivity contribution in [2.75, 3.05) is 13.7 Å². The van der Waals surface area contributed by atoms with Crippen molar-refractivity contribution in [1.82, 2.24) is 0 Å². The second-order valence-corrected chi connectivity index (χ2v) is 4.85. The molecule has 2 aromatic rings. The van der Waals surface area contributed by atoms with Crippen LogP contribution >= 0.6 is 0 Å². The van der Waals surface area contributed by atoms with Gasteiger partial charge in [0.2, 0.25) is 0 Å². The Labute approximate surface area is 117 Å². The molecule has 3 rings (SSSR count). The van der Waals surface area contributed by atoms with Gasteiger partial charge < -0.3 is 15.2 Å². The summed E-state index contributed by atoms with van der Waals surface area (Å²) in [6, 6.07) is 10.5. The standard InChI is InChI=1S/C16H16FNO2/c1-19-13-4-2-10(3-5-13)15-8-12(17)6-11-7-14(9-18)20-16(11)15/h2-6,8,14H,7,9,18H2,1H3. The van der Waals surface area contributed by atoms with E-state index in [1.807, 2.05) is 24.3 Å². The fourth-order valence-corrected chi connectivity index (χ4v) is 2.51. The first kappa shape index (κ1) is 12.9. The van der Waals surface area contributed by atoms with Crippen LogP contribution in [0.5, 0.6) is 11.5 Å². The molecule has 20 heavy (non-hydrogen) atoms. The summed E-state index contributed by atoms with van der Waals surface area (Å²) in [6.07, 6.45) is 0.594. The van der Waals surface area contributed by atoms with E-state index in [-0.39, 0.29) is 11.9 Å². The molecule has 0 bridgehead atoms. The molecule has 0 radical (unpaired) electrons. The zero-order valence-corrected chi connectivity index (χ0v) is 11.2. The molecule has 1 aliphatic heterocycles. The maximum Gasteiger partial charge on any atom is 0.131 e. The van der Waals surface area contributed by atoms with Crippen molar-refractivity contribution in [3.63, 3.8) is 0 Å². The molecular formula is C16H16FNO2. The number of hydrogen-bond donors (Lipinski definition) is 1. The van der Waals surface area contributed by atoms with Crippen molar-refractivity contribution in [3.8, 4) is 22.6 Å². The van der Waals surface area contributed by atoms with Crippen LogP contribution in [0, 0.1) is 5.82 Å². The number of benzene rings is 2. The smallest absolute Gasteiger partial charge is 0.131 e. The normalized spacial score (nSPS) is 16.6. The van der Waals surface area contributed by atoms with Crippen LogP contribution in [0.25, 0.3) is 11.1 Å². The van der Waals surface area contributed by atoms with Gasteiger partial charge in [0.05, 0.1) is 7.11 Å². The summed E-state index contributed by atoms with van der Waals surface area (Å²) < 4.78 is 24.7. The molecule has 1 unspecified atom stereocenters. The summed E-state index contributed by atoms with van der Waals surface area (Å²) in [6.45, 7) is 0.429. The van der Waals surface area contributed by atoms with E-state index in [1.165, 1.54) is 12.1 Å². The summed E-state index contributed by atoms with van der Waals surface area (Å²) in [7, 11) is 1.61. The van der Waals surface area contributed by atoms with Crippen molar-refractivity contribution in [3.05, 3.63) is 47.8 Å². The summed E-state index contributed by atoms with van der Waals surface area (Å²) in [5.74, 6) is 1.26. The van der Waals surface area contributed by atoms with E-state index >= 15 is 0 Å². The van der Waals surface area contributed by atoms with Gasteiger partial charge in [0, 0.05) is 24.1 Å². The van der Waals surface area contributed by atoms with Crippen molar-refractivity contribution in [2.24, 2.45) is 5.73 Å². The molecule has 1 heterocycles. The molecule has 104 valence electrons. The third kappa shape index (κ3) is 2.23. The van der Waals surface area contributed by atoms with Gasteiger partial charge in [0.15, 0.2) is 0 Å². The van der Waals surface area contributed by atoms with Gasteiger partial charge in [-0.1, -0.05) is 12.1 Å². The highest BCUT2D eigenvalue weighted by Gasteiger charge is 2.25. The lowest BCUT2D eigenvalue weighted by atomic mass is 10.00. The molecule has 1 atom stereocenters. The van der Waals surface area contributed by atoms with Gasteiger partial charge >= 0.3 is 0 Å². The molecule has 1 aliphatic rings. The first-order chi connectivity index (χ1) is 9.71. The van der Waals surface area contributed by atoms with Crippen LogP contribution in [0.1, 0.15) is 5.56 Å². The molecule has 2 aromatic carbocycles. The molecule has 0 amide bonds. The summed E-state index contributed by atoms with van der Waals surface area (Å²) >= 11 is 0. The van der Waals surface area contributed by atoms with Crippen molar-refractivity contribution in [2.45, 2.75) is 12.5 Å². The number of rotatable bonds is 3. The second-order valence-electron chi connectivity index (χ2n) is 4.85. The van der Waals surface area contributed by atoms with Crippen LogP contribution in [-0.4, -0.2) is 19.8 Å². The topological polar surface area (TPSA) is 44.5 Å². The van der Waals surface area contributed by atoms with Crippen molar-refractivity contribution >= 4 is 0 Å². The van der Waals surface area contributed by atoms with E-state index in [1.54, 1.807) is 7.11 Å². The Morgan fingerprint density at radius 2 is 2.05 bits per heavy atom. The van der Waals surface area contributed by atoms with E-state index in [0.29, 0.717) is 13.0 Å². The minimum atomic E-state index is -0.254. The first-order valence-electron chi connectivity index (χ1n) is 6.55. The molecule has 0 saturated carbocycles. The van der Waals surface area contributed by atoms with Crippen molar-refractivity contribution in [1.29, 1.82) is 0 Å². The Morgan fingerprint density at radius 1 is 1.30 bits per heavy atom. The quantitative estimate of drug-likeness (QED) is 0.935. The Morgan fingerprint density at radius 3 is 2.70 bits per heavy atom. The second kappa shape index (κ2) is 5.13. The highest BCUT2D eigenvalue weighted by molar-refractivity contribution is 5.73. The molecule has 0 aliphatic carbocycles. The van der Waals surface area contributed by atoms with Gasteiger partial charge in [-0.05, 0) is 29.8 Å². The molecule has 0 fully saturated rings. The fourth-order valence-electron chi connectivity index (χ4n) is 2.51. The Kier molecular flexibility index (Phi) is 3.32. The van der Waals surface area contributed by atoms with E-state index < -0.39 is 0 Å². The number of ether oxygens (including phenoxy) is 2. The minimum Gasteiger partial charge on any atom is -0.497 e. The van der Waals surface area contributed by atoms with Crippen LogP contribution in [0.3, 0.4) is 0 Å². The predicted octanol–water partition coefficient (Wildman–Crippen LogP) is 2.76. The van der Waals surface area contributed by atoms with Gasteiger partial charge in [0.25, 0.3) is 0 Å². The summed E-state index contributed by atoms with van der Waals surface area (Å²) in [5.41, 5.74) is 8.19. The SMILES string of the molecule is COc1ccc(-c2cc(F)cc3c2OC(CN)C3)cc1. The van der Waals surface area contributed by atoms with E-state index in [0.717, 1.165) is 28.2 Å². The Bertz CT molecular complexity index is 625. The first-order valence-corrected chi connectivity index (χ1v) is 6.55. The molecule has 0 aromatic heterocycles. The minimum absolute atomic E-state index is 0.0659. The van der Waals surface area contributed by atoms with Gasteiger partial charge in [-0.25, -0.2) is 4.39 Å². The van der Waals surface area contributed by atoms with Crippen molar-refractivity contribution < 1.29 is 13.9 Å². The van der Waals surface area contributed by atoms with Crippen LogP contribution < -0.4 is 15.2 Å². The van der Waals surface area contributed by atoms with Gasteiger partial charge in [-0.3, -0.25) is 0 Å². The average molecular weight is 273 g/mol. The average Bonchev–Trinajstić information content (AvgIpc) is 2.89. The van der Waals surface area contributed by atoms with E-state index in [9.17, 15) is 4.39 Å². The molecule has 2 N–H and O–H groups in total. The van der Waals surface area contributed by atoms with Gasteiger partial charge in [-0.2, -0.15) is 0 Å². The molecule has 4 heteroatoms. The maximum atomic E-state index is 13.8. The highest BCUT2D eigenvalue weighted by atomic mass is 19.1. The zero-order chi connectivity index (χ0) is 14.1. The zero-order valence-electron chi connectivity index (χ0n) is 11.2. The lowest BCUT2D eigenvalue weighted by molar-refractivity contribution is 0.242. The predicted molar refractivity (Wildman–Crippen MR) is 75.6 cm³/mol. The molecule has 3 nitrogen and oxygen atoms in total. The Hall–Kier alpha value is -2.07. The number of methoxy groups -OCH3 is 1. The lowest BCUT2D eigenvalue weighted by Gasteiger charge is -2.11. The lowest BCUT2D eigenvalue weighted by Crippen LogP contribution is -2.24. The number of nitrogens with two attached hydrogens (primary N) is 1. The third-order valence-electron chi connectivity index (χ3n) is 3.53. The largest absolute Gasteiger partial charge is 0.497 e. The highest BCUT2D eigenvalue weighted by Crippen LogP contribution is 2.39. The van der Waals surface area contributed by atoms with Gasteiger partial charge in [-0.15, -0.1) is 0 Å². The number of hydrogen-bond acceptors (Lipinski definition) is 3. The van der Waals surface area contributed by atoms with Crippen LogP contribution in [0.2, 0.25) is 0 Å². The third-order valence-corrected chi connectivity index (χ3v) is 3.53. The molecule has 0 spiro atoms. The number of halogens is 1. The van der Waals surface area contributed by atoms with E-state index in [2.05, 4.69) is 0 Å². The van der Waals surface area contributed by atoms with Crippen LogP contribution in [0.15, 0.2) is 36.4 Å². The Balaban J connectivity index is 2.05. The fraction of sp³-hybridized carbons (Fsp3) is 0.250.